The molecule has 1 aromatic heterocycles. The zero-order valence-electron chi connectivity index (χ0n) is 9.77. The Morgan fingerprint density at radius 1 is 1.16 bits per heavy atom. The summed E-state index contributed by atoms with van der Waals surface area (Å²) in [4.78, 5) is 25.5. The number of aromatic nitrogens is 1. The van der Waals surface area contributed by atoms with Gasteiger partial charge in [0.1, 0.15) is 0 Å². The summed E-state index contributed by atoms with van der Waals surface area (Å²) >= 11 is 0. The van der Waals surface area contributed by atoms with Crippen molar-refractivity contribution in [2.75, 3.05) is 0 Å². The number of nitrogens with one attached hydrogen (secondary N) is 1. The molecule has 1 aliphatic carbocycles. The van der Waals surface area contributed by atoms with Crippen molar-refractivity contribution in [2.45, 2.75) is 6.42 Å². The van der Waals surface area contributed by atoms with E-state index in [9.17, 15) is 14.9 Å². The van der Waals surface area contributed by atoms with Crippen molar-refractivity contribution in [1.82, 2.24) is 4.98 Å². The van der Waals surface area contributed by atoms with Crippen LogP contribution in [0, 0.1) is 10.1 Å². The van der Waals surface area contributed by atoms with Crippen molar-refractivity contribution < 1.29 is 4.92 Å². The van der Waals surface area contributed by atoms with E-state index in [0.717, 1.165) is 16.3 Å². The van der Waals surface area contributed by atoms with Crippen molar-refractivity contribution in [1.29, 1.82) is 0 Å². The molecule has 5 heteroatoms. The lowest BCUT2D eigenvalue weighted by Gasteiger charge is -2.02. The predicted octanol–water partition coefficient (Wildman–Crippen LogP) is 2.49. The second-order valence-electron chi connectivity index (χ2n) is 4.71. The van der Waals surface area contributed by atoms with Gasteiger partial charge < -0.3 is 4.98 Å². The van der Waals surface area contributed by atoms with Gasteiger partial charge in [-0.25, -0.2) is 0 Å². The molecule has 0 unspecified atom stereocenters. The quantitative estimate of drug-likeness (QED) is 0.321. The number of hydrogen-bond acceptors (Lipinski definition) is 3. The highest BCUT2D eigenvalue weighted by atomic mass is 16.6. The Morgan fingerprint density at radius 2 is 2.00 bits per heavy atom. The minimum Gasteiger partial charge on any atom is -0.321 e. The third kappa shape index (κ3) is 1.16. The van der Waals surface area contributed by atoms with Crippen LogP contribution in [0.2, 0.25) is 0 Å². The van der Waals surface area contributed by atoms with Gasteiger partial charge in [0.25, 0.3) is 11.2 Å². The Labute approximate surface area is 106 Å². The van der Waals surface area contributed by atoms with Gasteiger partial charge in [-0.2, -0.15) is 0 Å². The lowest BCUT2D eigenvalue weighted by molar-refractivity contribution is -0.385. The predicted molar refractivity (Wildman–Crippen MR) is 71.5 cm³/mol. The summed E-state index contributed by atoms with van der Waals surface area (Å²) in [6.07, 6.45) is 0.512. The van der Waals surface area contributed by atoms with E-state index in [0.29, 0.717) is 22.9 Å². The first-order valence-corrected chi connectivity index (χ1v) is 5.90. The summed E-state index contributed by atoms with van der Waals surface area (Å²) in [7, 11) is 0. The van der Waals surface area contributed by atoms with Crippen LogP contribution in [0.25, 0.3) is 21.7 Å². The molecule has 92 valence electrons. The summed E-state index contributed by atoms with van der Waals surface area (Å²) < 4.78 is 0. The van der Waals surface area contributed by atoms with Crippen molar-refractivity contribution in [3.05, 3.63) is 61.9 Å². The number of benzene rings is 2. The molecule has 4 rings (SSSR count). The molecular weight excluding hydrogens is 244 g/mol. The number of hydrogen-bond donors (Lipinski definition) is 1. The lowest BCUT2D eigenvalue weighted by Crippen LogP contribution is -2.06. The van der Waals surface area contributed by atoms with Crippen molar-refractivity contribution in [2.24, 2.45) is 0 Å². The normalized spacial score (nSPS) is 12.6. The summed E-state index contributed by atoms with van der Waals surface area (Å²) in [5, 5.41) is 13.4. The fourth-order valence-corrected chi connectivity index (χ4v) is 2.99. The van der Waals surface area contributed by atoms with Gasteiger partial charge >= 0.3 is 0 Å². The smallest absolute Gasteiger partial charge is 0.273 e. The fourth-order valence-electron chi connectivity index (χ4n) is 2.99. The van der Waals surface area contributed by atoms with Crippen molar-refractivity contribution in [3.8, 4) is 0 Å². The molecule has 0 bridgehead atoms. The molecule has 0 spiro atoms. The van der Waals surface area contributed by atoms with Gasteiger partial charge in [-0.05, 0) is 17.7 Å². The van der Waals surface area contributed by atoms with Gasteiger partial charge in [0.2, 0.25) is 0 Å². The first-order valence-electron chi connectivity index (χ1n) is 5.90. The number of nitrogens with zero attached hydrogens (tertiary/aromatic N) is 1. The average Bonchev–Trinajstić information content (AvgIpc) is 2.77. The third-order valence-electron chi connectivity index (χ3n) is 3.75. The van der Waals surface area contributed by atoms with E-state index in [2.05, 4.69) is 4.98 Å². The number of nitro groups is 1. The average molecular weight is 252 g/mol. The molecule has 2 aromatic carbocycles. The van der Waals surface area contributed by atoms with Gasteiger partial charge in [-0.3, -0.25) is 14.9 Å². The van der Waals surface area contributed by atoms with Crippen LogP contribution in [0.15, 0.2) is 35.1 Å². The minimum atomic E-state index is -0.363. The first-order chi connectivity index (χ1) is 9.16. The number of aromatic amines is 1. The maximum absolute atomic E-state index is 12.0. The second kappa shape index (κ2) is 3.20. The molecule has 1 aliphatic rings. The van der Waals surface area contributed by atoms with Gasteiger partial charge in [0, 0.05) is 39.7 Å². The molecule has 0 radical (unpaired) electrons. The Morgan fingerprint density at radius 3 is 2.79 bits per heavy atom. The van der Waals surface area contributed by atoms with E-state index in [1.54, 1.807) is 12.1 Å². The number of pyridine rings is 1. The van der Waals surface area contributed by atoms with Crippen LogP contribution in [0.3, 0.4) is 0 Å². The van der Waals surface area contributed by atoms with Crippen LogP contribution < -0.4 is 5.56 Å². The van der Waals surface area contributed by atoms with Gasteiger partial charge in [-0.15, -0.1) is 0 Å². The highest BCUT2D eigenvalue weighted by molar-refractivity contribution is 6.12. The largest absolute Gasteiger partial charge is 0.321 e. The first kappa shape index (κ1) is 10.3. The Hall–Kier alpha value is -2.69. The van der Waals surface area contributed by atoms with E-state index in [-0.39, 0.29) is 16.2 Å². The Bertz CT molecular complexity index is 941. The molecule has 0 atom stereocenters. The molecule has 1 heterocycles. The van der Waals surface area contributed by atoms with E-state index in [1.165, 1.54) is 6.07 Å². The molecule has 0 fully saturated rings. The molecule has 0 aliphatic heterocycles. The maximum atomic E-state index is 12.0. The van der Waals surface area contributed by atoms with Crippen LogP contribution in [-0.4, -0.2) is 9.91 Å². The van der Waals surface area contributed by atoms with Gasteiger partial charge in [-0.1, -0.05) is 12.1 Å². The van der Waals surface area contributed by atoms with Crippen LogP contribution in [0.5, 0.6) is 0 Å². The lowest BCUT2D eigenvalue weighted by atomic mass is 10.1. The molecule has 0 amide bonds. The topological polar surface area (TPSA) is 76.0 Å². The highest BCUT2D eigenvalue weighted by Crippen LogP contribution is 2.40. The molecule has 3 aromatic rings. The zero-order chi connectivity index (χ0) is 13.1. The molecule has 0 saturated carbocycles. The van der Waals surface area contributed by atoms with E-state index < -0.39 is 0 Å². The van der Waals surface area contributed by atoms with E-state index in [1.807, 2.05) is 12.1 Å². The number of rotatable bonds is 1. The molecule has 5 nitrogen and oxygen atoms in total. The third-order valence-corrected chi connectivity index (χ3v) is 3.75. The SMILES string of the molecule is O=c1[nH]c2ccc([N+](=O)[O-])c3c2c2c(cccc12)C3. The second-order valence-corrected chi connectivity index (χ2v) is 4.71. The van der Waals surface area contributed by atoms with E-state index >= 15 is 0 Å². The van der Waals surface area contributed by atoms with Crippen LogP contribution >= 0.6 is 0 Å². The van der Waals surface area contributed by atoms with Crippen molar-refractivity contribution in [3.63, 3.8) is 0 Å². The number of nitro benzene ring substituents is 1. The molecule has 0 saturated heterocycles. The van der Waals surface area contributed by atoms with Gasteiger partial charge in [0.15, 0.2) is 0 Å². The summed E-state index contributed by atoms with van der Waals surface area (Å²) in [5.41, 5.74) is 2.33. The fraction of sp³-hybridized carbons (Fsp3) is 0.0714. The highest BCUT2D eigenvalue weighted by Gasteiger charge is 2.26. The molecular formula is C14H8N2O3. The van der Waals surface area contributed by atoms with Crippen LogP contribution in [-0.2, 0) is 6.42 Å². The van der Waals surface area contributed by atoms with Crippen LogP contribution in [0.4, 0.5) is 5.69 Å². The zero-order valence-corrected chi connectivity index (χ0v) is 9.77. The summed E-state index contributed by atoms with van der Waals surface area (Å²) in [5.74, 6) is 0. The molecule has 1 N–H and O–H groups in total. The van der Waals surface area contributed by atoms with Crippen LogP contribution in [0.1, 0.15) is 11.1 Å². The van der Waals surface area contributed by atoms with Crippen molar-refractivity contribution >= 4 is 27.4 Å². The summed E-state index contributed by atoms with van der Waals surface area (Å²) in [6.45, 7) is 0. The Kier molecular flexibility index (Phi) is 1.73. The number of H-pyrrole nitrogens is 1. The maximum Gasteiger partial charge on any atom is 0.273 e. The Balaban J connectivity index is 2.33. The summed E-state index contributed by atoms with van der Waals surface area (Å²) in [6, 6.07) is 8.57. The molecule has 19 heavy (non-hydrogen) atoms. The standard InChI is InChI=1S/C14H8N2O3/c17-14-8-3-1-2-7-6-9-11(16(18)19)5-4-10(15-14)13(9)12(7)8/h1-5H,6H2,(H,15,17). The minimum absolute atomic E-state index is 0.122. The van der Waals surface area contributed by atoms with Gasteiger partial charge in [0.05, 0.1) is 4.92 Å². The monoisotopic (exact) mass is 252 g/mol. The van der Waals surface area contributed by atoms with E-state index in [4.69, 9.17) is 0 Å².